The van der Waals surface area contributed by atoms with Gasteiger partial charge in [-0.2, -0.15) is 9.13 Å². The van der Waals surface area contributed by atoms with Crippen LogP contribution in [-0.2, 0) is 0 Å². The molecule has 0 saturated heterocycles. The molecule has 8 heteroatoms. The molecule has 4 unspecified atom stereocenters. The first-order valence-corrected chi connectivity index (χ1v) is 53.6. The Kier molecular flexibility index (Phi) is 17.0. The van der Waals surface area contributed by atoms with Crippen LogP contribution in [-0.4, -0.2) is 0 Å². The topological polar surface area (TPSA) is 15.5 Å². The van der Waals surface area contributed by atoms with E-state index in [4.69, 9.17) is 0 Å². The van der Waals surface area contributed by atoms with Crippen molar-refractivity contribution in [1.82, 2.24) is 0 Å². The zero-order chi connectivity index (χ0) is 86.5. The van der Waals surface area contributed by atoms with Crippen molar-refractivity contribution >= 4 is 168 Å². The number of fused-ring (bicyclic) bond motifs is 18. The molecule has 0 radical (unpaired) electrons. The molecule has 0 aliphatic carbocycles. The molecule has 4 aromatic heterocycles. The quantitative estimate of drug-likeness (QED) is 0.0819. The Hall–Kier alpha value is -14.7. The van der Waals surface area contributed by atoms with Crippen molar-refractivity contribution in [3.05, 3.63) is 520 Å². The smallest absolute Gasteiger partial charge is 0.157 e. The van der Waals surface area contributed by atoms with E-state index in [1.165, 1.54) is 201 Å². The van der Waals surface area contributed by atoms with Crippen LogP contribution in [0.4, 0.5) is 0 Å². The maximum Gasteiger partial charge on any atom is 0.298 e. The number of aromatic nitrogens is 4. The zero-order valence-corrected chi connectivity index (χ0v) is 75.8. The van der Waals surface area contributed by atoms with Gasteiger partial charge in [0.1, 0.15) is 53.0 Å². The Labute approximate surface area is 769 Å². The molecule has 0 fully saturated rings. The van der Waals surface area contributed by atoms with Gasteiger partial charge in [0, 0.05) is 46.5 Å². The van der Waals surface area contributed by atoms with Crippen LogP contribution in [0.5, 0.6) is 0 Å². The second kappa shape index (κ2) is 29.4. The van der Waals surface area contributed by atoms with Gasteiger partial charge in [0.2, 0.25) is 22.8 Å². The highest BCUT2D eigenvalue weighted by Gasteiger charge is 2.74. The van der Waals surface area contributed by atoms with Crippen LogP contribution in [0.2, 0.25) is 0 Å². The van der Waals surface area contributed by atoms with Gasteiger partial charge >= 0.3 is 0 Å². The van der Waals surface area contributed by atoms with E-state index in [1.54, 1.807) is 5.30 Å². The SMILES string of the molecule is c1ccc([P+]2(c3ccccc3)c3c4ccccc4cc4ccc5[n+](c34)C2c2ccccc2-5)cc1.c1ccc([P+]2(c3ccccc3)c3cccc4ccc5[n+](c34)C2c2c-5ccc3ccccc23)cc1.c1ccc([P+]2(c3ccccc3)c3cccc4ccc5c(c34)C2[n+]2ccc3ccccc3c2-5)cc1.c1ccc([P+]2(c3ccccc3)c3cccc4ccc5c(c34)C2[n+]2ccccc2-5)cc1. The summed E-state index contributed by atoms with van der Waals surface area (Å²) in [4.78, 5) is 0. The summed E-state index contributed by atoms with van der Waals surface area (Å²) in [5.41, 5.74) is 19.8. The summed E-state index contributed by atoms with van der Waals surface area (Å²) in [7, 11) is -8.08. The number of hydrogen-bond acceptors (Lipinski definition) is 0. The van der Waals surface area contributed by atoms with Gasteiger partial charge in [-0.1, -0.05) is 273 Å². The number of para-hydroxylation sites is 1. The van der Waals surface area contributed by atoms with Gasteiger partial charge in [-0.25, -0.2) is 0 Å². The molecule has 0 N–H and O–H groups in total. The van der Waals surface area contributed by atoms with Gasteiger partial charge in [0.15, 0.2) is 52.1 Å². The summed E-state index contributed by atoms with van der Waals surface area (Å²) in [6, 6.07) is 182. The fourth-order valence-corrected chi connectivity index (χ4v) is 46.0. The number of hydrogen-bond donors (Lipinski definition) is 0. The third-order valence-corrected chi connectivity index (χ3v) is 48.6. The molecule has 0 saturated carbocycles. The molecule has 614 valence electrons. The Balaban J connectivity index is 0.0000000882. The Morgan fingerprint density at radius 1 is 0.189 bits per heavy atom. The van der Waals surface area contributed by atoms with Crippen LogP contribution in [0.3, 0.4) is 0 Å². The number of nitrogens with zero attached hydrogens (tertiary/aromatic N) is 4. The molecule has 4 nitrogen and oxygen atoms in total. The van der Waals surface area contributed by atoms with Crippen LogP contribution < -0.4 is 81.9 Å². The Morgan fingerprint density at radius 3 is 1.12 bits per heavy atom. The third-order valence-electron chi connectivity index (χ3n) is 30.2. The minimum atomic E-state index is -2.08. The van der Waals surface area contributed by atoms with E-state index >= 15 is 0 Å². The molecule has 132 heavy (non-hydrogen) atoms. The molecule has 0 amide bonds. The molecule has 8 aliphatic rings. The summed E-state index contributed by atoms with van der Waals surface area (Å²) in [5.74, 6) is 1.12. The summed E-state index contributed by atoms with van der Waals surface area (Å²) in [6.45, 7) is 0. The second-order valence-corrected chi connectivity index (χ2v) is 49.9. The Bertz CT molecular complexity index is 8580. The monoisotopic (exact) mass is 1750 g/mol. The highest BCUT2D eigenvalue weighted by molar-refractivity contribution is 7.98. The lowest BCUT2D eigenvalue weighted by molar-refractivity contribution is -0.676. The van der Waals surface area contributed by atoms with Gasteiger partial charge in [-0.3, -0.25) is 0 Å². The second-order valence-electron chi connectivity index (χ2n) is 36.1. The summed E-state index contributed by atoms with van der Waals surface area (Å²) >= 11 is 0. The molecule has 0 bridgehead atoms. The van der Waals surface area contributed by atoms with E-state index in [1.807, 2.05) is 0 Å². The molecule has 23 aromatic rings. The van der Waals surface area contributed by atoms with E-state index in [2.05, 4.69) is 516 Å². The fourth-order valence-electron chi connectivity index (χ4n) is 25.4. The predicted molar refractivity (Wildman–Crippen MR) is 558 cm³/mol. The normalized spacial score (nSPS) is 16.9. The lowest BCUT2D eigenvalue weighted by Crippen LogP contribution is -2.45. The first kappa shape index (κ1) is 76.2. The number of benzene rings is 19. The first-order valence-electron chi connectivity index (χ1n) is 46.1. The first-order chi connectivity index (χ1) is 65.6. The van der Waals surface area contributed by atoms with Crippen molar-refractivity contribution in [2.24, 2.45) is 0 Å². The lowest BCUT2D eigenvalue weighted by atomic mass is 9.97. The van der Waals surface area contributed by atoms with Gasteiger partial charge in [0.05, 0.1) is 60.7 Å². The number of rotatable bonds is 8. The van der Waals surface area contributed by atoms with Crippen LogP contribution in [0.25, 0.3) is 121 Å². The molecule has 0 spiro atoms. The molecule has 4 atom stereocenters. The minimum Gasteiger partial charge on any atom is -0.157 e. The lowest BCUT2D eigenvalue weighted by Gasteiger charge is -2.26. The molecule has 31 rings (SSSR count). The van der Waals surface area contributed by atoms with Crippen molar-refractivity contribution in [3.8, 4) is 45.0 Å². The average molecular weight is 1760 g/mol. The van der Waals surface area contributed by atoms with Gasteiger partial charge < -0.3 is 0 Å². The maximum absolute atomic E-state index is 2.69. The predicted octanol–water partition coefficient (Wildman–Crippen LogP) is 23.3. The minimum absolute atomic E-state index is 0.259. The fraction of sp³-hybridized carbons (Fsp3) is 0.0323. The number of pyridine rings is 4. The molecule has 12 heterocycles. The van der Waals surface area contributed by atoms with Gasteiger partial charge in [-0.05, 0) is 214 Å². The molecule has 19 aromatic carbocycles. The summed E-state index contributed by atoms with van der Waals surface area (Å²) in [6.07, 6.45) is 4.64. The molecular formula is C124H86N4P4+8. The Morgan fingerprint density at radius 2 is 0.568 bits per heavy atom. The van der Waals surface area contributed by atoms with E-state index in [9.17, 15) is 0 Å². The van der Waals surface area contributed by atoms with Crippen LogP contribution in [0.1, 0.15) is 45.4 Å². The van der Waals surface area contributed by atoms with Gasteiger partial charge in [0.25, 0.3) is 34.2 Å². The van der Waals surface area contributed by atoms with Crippen LogP contribution in [0, 0.1) is 0 Å². The van der Waals surface area contributed by atoms with Crippen molar-refractivity contribution < 1.29 is 18.3 Å². The average Bonchev–Trinajstić information content (AvgIpc) is 1.49. The third kappa shape index (κ3) is 10.2. The van der Waals surface area contributed by atoms with Crippen molar-refractivity contribution in [2.45, 2.75) is 23.1 Å². The van der Waals surface area contributed by atoms with Gasteiger partial charge in [-0.15, -0.1) is 9.13 Å². The van der Waals surface area contributed by atoms with Crippen LogP contribution >= 0.6 is 29.0 Å². The van der Waals surface area contributed by atoms with E-state index in [-0.39, 0.29) is 17.3 Å². The summed E-state index contributed by atoms with van der Waals surface area (Å²) in [5, 5.41) is 34.1. The molecule has 8 aliphatic heterocycles. The molecular weight excluding hydrogens is 1670 g/mol. The zero-order valence-electron chi connectivity index (χ0n) is 72.2. The maximum atomic E-state index is 2.69. The van der Waals surface area contributed by atoms with Crippen molar-refractivity contribution in [2.75, 3.05) is 0 Å². The highest BCUT2D eigenvalue weighted by Crippen LogP contribution is 2.77. The van der Waals surface area contributed by atoms with Crippen molar-refractivity contribution in [1.29, 1.82) is 0 Å². The largest absolute Gasteiger partial charge is 0.298 e. The van der Waals surface area contributed by atoms with E-state index < -0.39 is 29.0 Å². The van der Waals surface area contributed by atoms with Crippen molar-refractivity contribution in [3.63, 3.8) is 0 Å². The standard InChI is InChI=1S/3C32H22NP.C28H20NP/c1-3-12-24(13-4-1)34(25-14-5-2-6-15-25)31-26-16-8-7-11-22(26)21-23-19-20-29-27-17-9-10-18-28(27)32(34)33(29)30(23)31;1-3-12-24(13-4-1)34(25-14-5-2-6-15-25)29-17-9-11-23-19-21-28-27-20-18-22-10-7-8-16-26(22)30(27)32(34)33(28)31(23)29;1-3-12-24(13-4-1)34(25-14-5-2-6-15-25)28-17-9-11-23-18-19-27-30(29(23)28)32(34)33-21-20-22-10-7-8-16-26(22)31(27)33;1-3-11-21(12-4-1)30(22-13-5-2-6-14-22)25-16-9-10-20-17-18-23-24-15-7-8-19-29(24)28(30)27(23)26(20)25/h3*1-21,32H;1-19,28H/q4*+2. The highest BCUT2D eigenvalue weighted by atomic mass is 31.2. The van der Waals surface area contributed by atoms with Crippen LogP contribution in [0.15, 0.2) is 498 Å². The van der Waals surface area contributed by atoms with E-state index in [0.29, 0.717) is 5.78 Å². The summed E-state index contributed by atoms with van der Waals surface area (Å²) < 4.78 is 10.5. The van der Waals surface area contributed by atoms with E-state index in [0.717, 1.165) is 0 Å².